The molecule has 1 heterocycles. The van der Waals surface area contributed by atoms with Crippen LogP contribution in [0.25, 0.3) is 22.6 Å². The average Bonchev–Trinajstić information content (AvgIpc) is 2.77. The van der Waals surface area contributed by atoms with E-state index >= 15 is 0 Å². The van der Waals surface area contributed by atoms with Gasteiger partial charge in [-0.25, -0.2) is 4.98 Å². The van der Waals surface area contributed by atoms with Crippen LogP contribution in [0.3, 0.4) is 0 Å². The summed E-state index contributed by atoms with van der Waals surface area (Å²) in [6.45, 7) is 6.01. The Morgan fingerprint density at radius 1 is 1.00 bits per heavy atom. The molecule has 0 fully saturated rings. The van der Waals surface area contributed by atoms with Crippen molar-refractivity contribution >= 4 is 22.5 Å². The SMILES string of the molecule is Cc1cc(C)c2oc(-c3cc(N)cc(N)c3C)nc2c1. The van der Waals surface area contributed by atoms with Gasteiger partial charge >= 0.3 is 0 Å². The zero-order chi connectivity index (χ0) is 14.4. The largest absolute Gasteiger partial charge is 0.436 e. The lowest BCUT2D eigenvalue weighted by Crippen LogP contribution is -1.96. The van der Waals surface area contributed by atoms with Gasteiger partial charge in [-0.05, 0) is 55.7 Å². The molecule has 0 bridgehead atoms. The molecule has 3 aromatic rings. The second-order valence-electron chi connectivity index (χ2n) is 5.23. The van der Waals surface area contributed by atoms with Crippen LogP contribution < -0.4 is 11.5 Å². The highest BCUT2D eigenvalue weighted by Gasteiger charge is 2.14. The molecular formula is C16H17N3O. The zero-order valence-corrected chi connectivity index (χ0v) is 11.8. The summed E-state index contributed by atoms with van der Waals surface area (Å²) < 4.78 is 5.91. The second kappa shape index (κ2) is 4.27. The molecule has 1 aromatic heterocycles. The number of hydrogen-bond acceptors (Lipinski definition) is 4. The molecule has 0 radical (unpaired) electrons. The van der Waals surface area contributed by atoms with Crippen LogP contribution in [0.4, 0.5) is 11.4 Å². The maximum atomic E-state index is 5.96. The summed E-state index contributed by atoms with van der Waals surface area (Å²) in [6.07, 6.45) is 0. The van der Waals surface area contributed by atoms with Crippen molar-refractivity contribution in [1.29, 1.82) is 0 Å². The Hall–Kier alpha value is -2.49. The van der Waals surface area contributed by atoms with E-state index in [4.69, 9.17) is 15.9 Å². The summed E-state index contributed by atoms with van der Waals surface area (Å²) in [7, 11) is 0. The Bertz CT molecular complexity index is 818. The highest BCUT2D eigenvalue weighted by molar-refractivity contribution is 5.82. The van der Waals surface area contributed by atoms with Crippen molar-refractivity contribution in [3.05, 3.63) is 41.0 Å². The van der Waals surface area contributed by atoms with Crippen LogP contribution in [0.5, 0.6) is 0 Å². The Morgan fingerprint density at radius 2 is 1.75 bits per heavy atom. The Balaban J connectivity index is 2.28. The van der Waals surface area contributed by atoms with Crippen molar-refractivity contribution in [3.8, 4) is 11.5 Å². The smallest absolute Gasteiger partial charge is 0.227 e. The first-order valence-corrected chi connectivity index (χ1v) is 6.49. The minimum atomic E-state index is 0.560. The molecule has 4 heteroatoms. The fraction of sp³-hybridized carbons (Fsp3) is 0.188. The van der Waals surface area contributed by atoms with Crippen molar-refractivity contribution in [2.75, 3.05) is 11.5 Å². The van der Waals surface area contributed by atoms with Crippen LogP contribution in [-0.4, -0.2) is 4.98 Å². The molecule has 0 saturated carbocycles. The lowest BCUT2D eigenvalue weighted by molar-refractivity contribution is 0.617. The highest BCUT2D eigenvalue weighted by atomic mass is 16.3. The van der Waals surface area contributed by atoms with Crippen LogP contribution >= 0.6 is 0 Å². The number of hydrogen-bond donors (Lipinski definition) is 2. The number of nitrogens with two attached hydrogens (primary N) is 2. The van der Waals surface area contributed by atoms with Gasteiger partial charge < -0.3 is 15.9 Å². The van der Waals surface area contributed by atoms with Crippen LogP contribution in [0.15, 0.2) is 28.7 Å². The van der Waals surface area contributed by atoms with E-state index in [1.807, 2.05) is 32.9 Å². The fourth-order valence-electron chi connectivity index (χ4n) is 2.47. The molecule has 0 saturated heterocycles. The number of aromatic nitrogens is 1. The van der Waals surface area contributed by atoms with Gasteiger partial charge in [0.1, 0.15) is 5.52 Å². The monoisotopic (exact) mass is 267 g/mol. The van der Waals surface area contributed by atoms with Crippen LogP contribution in [0, 0.1) is 20.8 Å². The van der Waals surface area contributed by atoms with Gasteiger partial charge in [0.15, 0.2) is 5.58 Å². The molecule has 4 nitrogen and oxygen atoms in total. The third-order valence-electron chi connectivity index (χ3n) is 3.52. The number of aryl methyl sites for hydroxylation is 2. The lowest BCUT2D eigenvalue weighted by Gasteiger charge is -2.06. The topological polar surface area (TPSA) is 78.1 Å². The maximum absolute atomic E-state index is 5.96. The zero-order valence-electron chi connectivity index (χ0n) is 11.8. The van der Waals surface area contributed by atoms with E-state index in [-0.39, 0.29) is 0 Å². The summed E-state index contributed by atoms with van der Waals surface area (Å²) in [5, 5.41) is 0. The average molecular weight is 267 g/mol. The Kier molecular flexibility index (Phi) is 2.67. The molecular weight excluding hydrogens is 250 g/mol. The predicted octanol–water partition coefficient (Wildman–Crippen LogP) is 3.58. The fourth-order valence-corrected chi connectivity index (χ4v) is 2.47. The number of anilines is 2. The minimum absolute atomic E-state index is 0.560. The molecule has 3 rings (SSSR count). The first-order valence-electron chi connectivity index (χ1n) is 6.49. The third-order valence-corrected chi connectivity index (χ3v) is 3.52. The molecule has 102 valence electrons. The number of oxazole rings is 1. The van der Waals surface area contributed by atoms with Gasteiger partial charge in [0.05, 0.1) is 0 Å². The maximum Gasteiger partial charge on any atom is 0.227 e. The second-order valence-corrected chi connectivity index (χ2v) is 5.23. The van der Waals surface area contributed by atoms with Crippen molar-refractivity contribution in [3.63, 3.8) is 0 Å². The van der Waals surface area contributed by atoms with E-state index in [2.05, 4.69) is 11.1 Å². The summed E-state index contributed by atoms with van der Waals surface area (Å²) in [5.74, 6) is 0.560. The Morgan fingerprint density at radius 3 is 2.50 bits per heavy atom. The van der Waals surface area contributed by atoms with Gasteiger partial charge in [-0.3, -0.25) is 0 Å². The van der Waals surface area contributed by atoms with E-state index in [0.29, 0.717) is 17.3 Å². The molecule has 0 amide bonds. The first kappa shape index (κ1) is 12.5. The van der Waals surface area contributed by atoms with Gasteiger partial charge in [0, 0.05) is 16.9 Å². The molecule has 2 aromatic carbocycles. The summed E-state index contributed by atoms with van der Waals surface area (Å²) in [5.41, 5.74) is 18.8. The molecule has 0 atom stereocenters. The predicted molar refractivity (Wildman–Crippen MR) is 82.5 cm³/mol. The highest BCUT2D eigenvalue weighted by Crippen LogP contribution is 2.32. The molecule has 20 heavy (non-hydrogen) atoms. The first-order chi connectivity index (χ1) is 9.45. The number of nitrogens with zero attached hydrogens (tertiary/aromatic N) is 1. The minimum Gasteiger partial charge on any atom is -0.436 e. The quantitative estimate of drug-likeness (QED) is 0.660. The van der Waals surface area contributed by atoms with E-state index in [0.717, 1.165) is 27.8 Å². The molecule has 0 unspecified atom stereocenters. The number of benzene rings is 2. The standard InChI is InChI=1S/C16H17N3O/c1-8-4-9(2)15-14(5-8)19-16(20-15)12-6-11(17)7-13(18)10(12)3/h4-7H,17-18H2,1-3H3. The Labute approximate surface area is 117 Å². The number of rotatable bonds is 1. The summed E-state index contributed by atoms with van der Waals surface area (Å²) in [6, 6.07) is 7.69. The normalized spacial score (nSPS) is 11.2. The lowest BCUT2D eigenvalue weighted by atomic mass is 10.1. The molecule has 0 aliphatic heterocycles. The summed E-state index contributed by atoms with van der Waals surface area (Å²) in [4.78, 5) is 4.57. The van der Waals surface area contributed by atoms with Crippen molar-refractivity contribution in [1.82, 2.24) is 4.98 Å². The van der Waals surface area contributed by atoms with Crippen LogP contribution in [0.2, 0.25) is 0 Å². The van der Waals surface area contributed by atoms with Gasteiger partial charge in [-0.15, -0.1) is 0 Å². The molecule has 0 aliphatic rings. The van der Waals surface area contributed by atoms with E-state index in [1.54, 1.807) is 6.07 Å². The van der Waals surface area contributed by atoms with E-state index < -0.39 is 0 Å². The van der Waals surface area contributed by atoms with Gasteiger partial charge in [0.25, 0.3) is 0 Å². The van der Waals surface area contributed by atoms with Crippen molar-refractivity contribution < 1.29 is 4.42 Å². The van der Waals surface area contributed by atoms with Gasteiger partial charge in [-0.2, -0.15) is 0 Å². The van der Waals surface area contributed by atoms with E-state index in [9.17, 15) is 0 Å². The molecule has 4 N–H and O–H groups in total. The van der Waals surface area contributed by atoms with Crippen LogP contribution in [0.1, 0.15) is 16.7 Å². The van der Waals surface area contributed by atoms with Crippen molar-refractivity contribution in [2.24, 2.45) is 0 Å². The van der Waals surface area contributed by atoms with Crippen molar-refractivity contribution in [2.45, 2.75) is 20.8 Å². The van der Waals surface area contributed by atoms with Gasteiger partial charge in [0.2, 0.25) is 5.89 Å². The third kappa shape index (κ3) is 1.90. The summed E-state index contributed by atoms with van der Waals surface area (Å²) >= 11 is 0. The van der Waals surface area contributed by atoms with E-state index in [1.165, 1.54) is 5.56 Å². The number of nitrogen functional groups attached to an aromatic ring is 2. The van der Waals surface area contributed by atoms with Crippen LogP contribution in [-0.2, 0) is 0 Å². The van der Waals surface area contributed by atoms with Gasteiger partial charge in [-0.1, -0.05) is 6.07 Å². The molecule has 0 spiro atoms. The molecule has 0 aliphatic carbocycles. The number of fused-ring (bicyclic) bond motifs is 1.